The average molecular weight is 386 g/mol. The molecule has 1 amide bonds. The highest BCUT2D eigenvalue weighted by Gasteiger charge is 2.11. The number of nitrogens with one attached hydrogen (secondary N) is 2. The molecule has 0 saturated heterocycles. The Kier molecular flexibility index (Phi) is 5.61. The van der Waals surface area contributed by atoms with E-state index in [9.17, 15) is 15.2 Å². The van der Waals surface area contributed by atoms with E-state index >= 15 is 0 Å². The van der Waals surface area contributed by atoms with Crippen LogP contribution in [-0.4, -0.2) is 11.0 Å². The lowest BCUT2D eigenvalue weighted by molar-refractivity contribution is -0.112. The van der Waals surface area contributed by atoms with Gasteiger partial charge in [0.25, 0.3) is 5.91 Å². The van der Waals surface area contributed by atoms with E-state index in [0.717, 1.165) is 15.7 Å². The first-order valence-corrected chi connectivity index (χ1v) is 7.94. The second kappa shape index (κ2) is 7.66. The molecule has 2 aromatic carbocycles. The second-order valence-corrected chi connectivity index (χ2v) is 6.11. The first kappa shape index (κ1) is 17.6. The number of halogens is 1. The Morgan fingerprint density at radius 1 is 1.21 bits per heavy atom. The molecule has 0 aliphatic rings. The van der Waals surface area contributed by atoms with Gasteiger partial charge in [-0.3, -0.25) is 4.79 Å². The summed E-state index contributed by atoms with van der Waals surface area (Å²) >= 11 is 3.43. The summed E-state index contributed by atoms with van der Waals surface area (Å²) in [5.41, 5.74) is 3.03. The standard InChI is InChI=1S/C18H16BrN3O2/c1-11-3-5-17(15(19)7-11)21-10-13(9-20)18(24)22-16-6-4-14(23)8-12(16)2/h3-8,10,21,23H,1-2H3,(H,22,24)/b13-10-. The Morgan fingerprint density at radius 2 is 1.92 bits per heavy atom. The molecule has 6 heteroatoms. The molecule has 5 nitrogen and oxygen atoms in total. The number of hydrogen-bond donors (Lipinski definition) is 3. The van der Waals surface area contributed by atoms with E-state index in [1.807, 2.05) is 31.2 Å². The van der Waals surface area contributed by atoms with E-state index in [0.29, 0.717) is 11.3 Å². The van der Waals surface area contributed by atoms with Gasteiger partial charge in [0.05, 0.1) is 5.69 Å². The minimum atomic E-state index is -0.526. The summed E-state index contributed by atoms with van der Waals surface area (Å²) in [5, 5.41) is 24.2. The highest BCUT2D eigenvalue weighted by atomic mass is 79.9. The lowest BCUT2D eigenvalue weighted by atomic mass is 10.2. The maximum Gasteiger partial charge on any atom is 0.267 e. The fourth-order valence-corrected chi connectivity index (χ4v) is 2.62. The first-order valence-electron chi connectivity index (χ1n) is 7.14. The molecule has 2 rings (SSSR count). The molecule has 122 valence electrons. The molecule has 0 atom stereocenters. The number of nitrogens with zero attached hydrogens (tertiary/aromatic N) is 1. The van der Waals surface area contributed by atoms with Crippen LogP contribution in [0.25, 0.3) is 0 Å². The van der Waals surface area contributed by atoms with Crippen LogP contribution in [0.3, 0.4) is 0 Å². The van der Waals surface area contributed by atoms with Crippen LogP contribution in [-0.2, 0) is 4.79 Å². The number of phenolic OH excluding ortho intramolecular Hbond substituents is 1. The molecule has 24 heavy (non-hydrogen) atoms. The van der Waals surface area contributed by atoms with Gasteiger partial charge in [0, 0.05) is 16.4 Å². The number of rotatable bonds is 4. The molecule has 0 unspecified atom stereocenters. The first-order chi connectivity index (χ1) is 11.4. The third-order valence-corrected chi connectivity index (χ3v) is 3.98. The van der Waals surface area contributed by atoms with E-state index in [-0.39, 0.29) is 11.3 Å². The molecule has 0 aliphatic heterocycles. The van der Waals surface area contributed by atoms with Crippen molar-refractivity contribution in [3.05, 3.63) is 63.8 Å². The van der Waals surface area contributed by atoms with Gasteiger partial charge in [0.2, 0.25) is 0 Å². The normalized spacial score (nSPS) is 10.8. The highest BCUT2D eigenvalue weighted by Crippen LogP contribution is 2.24. The van der Waals surface area contributed by atoms with Crippen molar-refractivity contribution >= 4 is 33.2 Å². The van der Waals surface area contributed by atoms with Crippen LogP contribution in [0.5, 0.6) is 5.75 Å². The summed E-state index contributed by atoms with van der Waals surface area (Å²) in [4.78, 5) is 12.2. The molecule has 0 saturated carbocycles. The summed E-state index contributed by atoms with van der Waals surface area (Å²) in [6.45, 7) is 3.73. The van der Waals surface area contributed by atoms with Gasteiger partial charge in [-0.05, 0) is 71.2 Å². The van der Waals surface area contributed by atoms with Gasteiger partial charge in [-0.25, -0.2) is 0 Å². The summed E-state index contributed by atoms with van der Waals surface area (Å²) < 4.78 is 0.839. The van der Waals surface area contributed by atoms with Gasteiger partial charge < -0.3 is 15.7 Å². The molecule has 3 N–H and O–H groups in total. The van der Waals surface area contributed by atoms with Gasteiger partial charge in [-0.2, -0.15) is 5.26 Å². The second-order valence-electron chi connectivity index (χ2n) is 5.25. The fourth-order valence-electron chi connectivity index (χ4n) is 2.01. The zero-order valence-electron chi connectivity index (χ0n) is 13.2. The maximum atomic E-state index is 12.2. The van der Waals surface area contributed by atoms with Crippen LogP contribution in [0.4, 0.5) is 11.4 Å². The number of phenols is 1. The predicted molar refractivity (Wildman–Crippen MR) is 97.7 cm³/mol. The highest BCUT2D eigenvalue weighted by molar-refractivity contribution is 9.10. The Hall–Kier alpha value is -2.78. The summed E-state index contributed by atoms with van der Waals surface area (Å²) in [6, 6.07) is 12.2. The smallest absolute Gasteiger partial charge is 0.267 e. The molecule has 0 bridgehead atoms. The fraction of sp³-hybridized carbons (Fsp3) is 0.111. The average Bonchev–Trinajstić information content (AvgIpc) is 2.52. The number of carbonyl (C=O) groups excluding carboxylic acids is 1. The van der Waals surface area contributed by atoms with Crippen LogP contribution < -0.4 is 10.6 Å². The zero-order valence-corrected chi connectivity index (χ0v) is 14.8. The van der Waals surface area contributed by atoms with Crippen molar-refractivity contribution in [3.63, 3.8) is 0 Å². The summed E-state index contributed by atoms with van der Waals surface area (Å²) in [5.74, 6) is -0.408. The van der Waals surface area contributed by atoms with Gasteiger partial charge in [0.1, 0.15) is 17.4 Å². The molecule has 0 fully saturated rings. The van der Waals surface area contributed by atoms with Crippen molar-refractivity contribution in [2.75, 3.05) is 10.6 Å². The monoisotopic (exact) mass is 385 g/mol. The Balaban J connectivity index is 2.15. The SMILES string of the molecule is Cc1ccc(N/C=C(/C#N)C(=O)Nc2ccc(O)cc2C)c(Br)c1. The quantitative estimate of drug-likeness (QED) is 0.417. The Bertz CT molecular complexity index is 854. The Labute approximate surface area is 148 Å². The number of aromatic hydroxyl groups is 1. The molecule has 0 aromatic heterocycles. The van der Waals surface area contributed by atoms with E-state index in [4.69, 9.17) is 0 Å². The molecular weight excluding hydrogens is 370 g/mol. The van der Waals surface area contributed by atoms with Crippen molar-refractivity contribution in [3.8, 4) is 11.8 Å². The minimum absolute atomic E-state index is 0.0602. The van der Waals surface area contributed by atoms with Crippen molar-refractivity contribution in [1.82, 2.24) is 0 Å². The number of hydrogen-bond acceptors (Lipinski definition) is 4. The lowest BCUT2D eigenvalue weighted by Crippen LogP contribution is -2.15. The molecule has 0 spiro atoms. The molecule has 0 aliphatic carbocycles. The molecule has 2 aromatic rings. The van der Waals surface area contributed by atoms with Gasteiger partial charge >= 0.3 is 0 Å². The van der Waals surface area contributed by atoms with Crippen molar-refractivity contribution in [1.29, 1.82) is 5.26 Å². The minimum Gasteiger partial charge on any atom is -0.508 e. The summed E-state index contributed by atoms with van der Waals surface area (Å²) in [7, 11) is 0. The van der Waals surface area contributed by atoms with Crippen LogP contribution >= 0.6 is 15.9 Å². The van der Waals surface area contributed by atoms with Crippen molar-refractivity contribution in [2.24, 2.45) is 0 Å². The van der Waals surface area contributed by atoms with Crippen LogP contribution in [0, 0.1) is 25.2 Å². The third kappa shape index (κ3) is 4.37. The largest absolute Gasteiger partial charge is 0.508 e. The number of nitriles is 1. The predicted octanol–water partition coefficient (Wildman–Crippen LogP) is 4.23. The van der Waals surface area contributed by atoms with Gasteiger partial charge in [-0.1, -0.05) is 6.07 Å². The zero-order chi connectivity index (χ0) is 17.7. The van der Waals surface area contributed by atoms with E-state index in [2.05, 4.69) is 26.6 Å². The van der Waals surface area contributed by atoms with E-state index in [1.54, 1.807) is 13.0 Å². The van der Waals surface area contributed by atoms with Crippen molar-refractivity contribution < 1.29 is 9.90 Å². The number of aryl methyl sites for hydroxylation is 2. The maximum absolute atomic E-state index is 12.2. The number of carbonyl (C=O) groups is 1. The lowest BCUT2D eigenvalue weighted by Gasteiger charge is -2.09. The molecule has 0 heterocycles. The van der Waals surface area contributed by atoms with E-state index in [1.165, 1.54) is 18.3 Å². The van der Waals surface area contributed by atoms with Gasteiger partial charge in [-0.15, -0.1) is 0 Å². The number of anilines is 2. The van der Waals surface area contributed by atoms with Crippen LogP contribution in [0.1, 0.15) is 11.1 Å². The number of benzene rings is 2. The van der Waals surface area contributed by atoms with Crippen LogP contribution in [0.2, 0.25) is 0 Å². The molecular formula is C18H16BrN3O2. The topological polar surface area (TPSA) is 85.2 Å². The third-order valence-electron chi connectivity index (χ3n) is 3.32. The van der Waals surface area contributed by atoms with Crippen molar-refractivity contribution in [2.45, 2.75) is 13.8 Å². The Morgan fingerprint density at radius 3 is 2.54 bits per heavy atom. The van der Waals surface area contributed by atoms with Gasteiger partial charge in [0.15, 0.2) is 0 Å². The van der Waals surface area contributed by atoms with Crippen LogP contribution in [0.15, 0.2) is 52.6 Å². The number of amides is 1. The summed E-state index contributed by atoms with van der Waals surface area (Å²) in [6.07, 6.45) is 1.36. The molecule has 0 radical (unpaired) electrons. The van der Waals surface area contributed by atoms with E-state index < -0.39 is 5.91 Å².